The first-order valence-corrected chi connectivity index (χ1v) is 25.8. The highest BCUT2D eigenvalue weighted by Gasteiger charge is 2.19. The lowest BCUT2D eigenvalue weighted by Crippen LogP contribution is -2.30. The maximum Gasteiger partial charge on any atom is 0.309 e. The summed E-state index contributed by atoms with van der Waals surface area (Å²) in [7, 11) is 0. The molecule has 0 rings (SSSR count). The van der Waals surface area contributed by atoms with Gasteiger partial charge in [-0.15, -0.1) is 0 Å². The zero-order valence-corrected chi connectivity index (χ0v) is 40.2. The number of allylic oxidation sites excluding steroid dienone is 9. The van der Waals surface area contributed by atoms with Gasteiger partial charge < -0.3 is 14.2 Å². The molecule has 1 atom stereocenters. The van der Waals surface area contributed by atoms with Crippen molar-refractivity contribution in [3.63, 3.8) is 0 Å². The van der Waals surface area contributed by atoms with E-state index in [1.807, 2.05) is 6.08 Å². The summed E-state index contributed by atoms with van der Waals surface area (Å²) < 4.78 is 16.7. The predicted molar refractivity (Wildman–Crippen MR) is 261 cm³/mol. The Bertz CT molecular complexity index is 1120. The lowest BCUT2D eigenvalue weighted by Gasteiger charge is -2.18. The van der Waals surface area contributed by atoms with Crippen molar-refractivity contribution in [3.05, 3.63) is 60.8 Å². The van der Waals surface area contributed by atoms with Gasteiger partial charge >= 0.3 is 17.9 Å². The largest absolute Gasteiger partial charge is 0.462 e. The van der Waals surface area contributed by atoms with E-state index in [2.05, 4.69) is 69.4 Å². The highest BCUT2D eigenvalue weighted by atomic mass is 16.6. The van der Waals surface area contributed by atoms with Gasteiger partial charge in [0.2, 0.25) is 0 Å². The summed E-state index contributed by atoms with van der Waals surface area (Å²) in [4.78, 5) is 37.8. The summed E-state index contributed by atoms with van der Waals surface area (Å²) in [6, 6.07) is 0. The van der Waals surface area contributed by atoms with Crippen LogP contribution < -0.4 is 0 Å². The van der Waals surface area contributed by atoms with E-state index >= 15 is 0 Å². The fourth-order valence-electron chi connectivity index (χ4n) is 7.18. The number of hydrogen-bond donors (Lipinski definition) is 0. The smallest absolute Gasteiger partial charge is 0.309 e. The van der Waals surface area contributed by atoms with E-state index in [-0.39, 0.29) is 31.6 Å². The third kappa shape index (κ3) is 48.0. The Morgan fingerprint density at radius 1 is 0.361 bits per heavy atom. The molecule has 0 N–H and O–H groups in total. The Hall–Kier alpha value is -2.89. The quantitative estimate of drug-likeness (QED) is 0.0263. The second-order valence-electron chi connectivity index (χ2n) is 17.1. The van der Waals surface area contributed by atoms with Crippen LogP contribution in [0.3, 0.4) is 0 Å². The van der Waals surface area contributed by atoms with E-state index in [9.17, 15) is 14.4 Å². The van der Waals surface area contributed by atoms with Gasteiger partial charge in [0.25, 0.3) is 0 Å². The van der Waals surface area contributed by atoms with Crippen LogP contribution in [0.4, 0.5) is 0 Å². The van der Waals surface area contributed by atoms with Crippen molar-refractivity contribution >= 4 is 17.9 Å². The normalized spacial score (nSPS) is 12.5. The summed E-state index contributed by atoms with van der Waals surface area (Å²) >= 11 is 0. The topological polar surface area (TPSA) is 78.9 Å². The van der Waals surface area contributed by atoms with Crippen LogP contribution in [-0.4, -0.2) is 37.2 Å². The molecule has 0 saturated carbocycles. The first kappa shape index (κ1) is 58.1. The number of carbonyl (C=O) groups excluding carboxylic acids is 3. The van der Waals surface area contributed by atoms with Crippen LogP contribution in [0.25, 0.3) is 0 Å². The molecule has 0 radical (unpaired) electrons. The fourth-order valence-corrected chi connectivity index (χ4v) is 7.18. The zero-order chi connectivity index (χ0) is 44.4. The van der Waals surface area contributed by atoms with Crippen LogP contribution in [0.15, 0.2) is 60.8 Å². The van der Waals surface area contributed by atoms with Gasteiger partial charge in [-0.25, -0.2) is 0 Å². The van der Waals surface area contributed by atoms with Gasteiger partial charge in [0.15, 0.2) is 6.10 Å². The van der Waals surface area contributed by atoms with Gasteiger partial charge in [-0.2, -0.15) is 0 Å². The number of hydrogen-bond acceptors (Lipinski definition) is 6. The molecular weight excluding hydrogens is 757 g/mol. The van der Waals surface area contributed by atoms with E-state index in [1.54, 1.807) is 6.08 Å². The Morgan fingerprint density at radius 3 is 1.18 bits per heavy atom. The van der Waals surface area contributed by atoms with Gasteiger partial charge in [0.1, 0.15) is 13.2 Å². The van der Waals surface area contributed by atoms with Crippen molar-refractivity contribution in [1.82, 2.24) is 0 Å². The van der Waals surface area contributed by atoms with Crippen LogP contribution in [-0.2, 0) is 28.6 Å². The molecule has 0 amide bonds. The van der Waals surface area contributed by atoms with E-state index in [0.717, 1.165) is 70.6 Å². The van der Waals surface area contributed by atoms with Crippen LogP contribution in [0.1, 0.15) is 252 Å². The Balaban J connectivity index is 4.35. The zero-order valence-electron chi connectivity index (χ0n) is 40.2. The van der Waals surface area contributed by atoms with Crippen molar-refractivity contribution in [1.29, 1.82) is 0 Å². The molecule has 0 heterocycles. The summed E-state index contributed by atoms with van der Waals surface area (Å²) in [5.41, 5.74) is 0. The van der Waals surface area contributed by atoms with Gasteiger partial charge in [-0.1, -0.05) is 229 Å². The number of esters is 3. The molecule has 0 aliphatic heterocycles. The molecule has 6 heteroatoms. The first-order chi connectivity index (χ1) is 30.0. The molecule has 0 spiro atoms. The molecule has 0 aromatic heterocycles. The molecule has 0 aliphatic rings. The first-order valence-electron chi connectivity index (χ1n) is 25.8. The number of rotatable bonds is 46. The third-order valence-electron chi connectivity index (χ3n) is 11.0. The summed E-state index contributed by atoms with van der Waals surface area (Å²) in [5.74, 6) is -1.03. The minimum atomic E-state index is -0.809. The van der Waals surface area contributed by atoms with Gasteiger partial charge in [-0.3, -0.25) is 14.4 Å². The Kier molecular flexibility index (Phi) is 47.4. The maximum absolute atomic E-state index is 12.8. The SMILES string of the molecule is CC/C=C\C/C=C\C/C=C\CC(=O)OCC(COC(=O)CCCCCCCCC/C=C\C/C=C\CCCCC)OC(=O)CCCCCCCCCCCCCCCCCCC. The number of ether oxygens (including phenoxy) is 3. The molecule has 0 aromatic rings. The molecule has 1 unspecified atom stereocenters. The van der Waals surface area contributed by atoms with Gasteiger partial charge in [0, 0.05) is 12.8 Å². The molecule has 61 heavy (non-hydrogen) atoms. The van der Waals surface area contributed by atoms with Crippen LogP contribution in [0.5, 0.6) is 0 Å². The second-order valence-corrected chi connectivity index (χ2v) is 17.1. The van der Waals surface area contributed by atoms with Gasteiger partial charge in [-0.05, 0) is 64.2 Å². The van der Waals surface area contributed by atoms with Crippen molar-refractivity contribution in [2.24, 2.45) is 0 Å². The third-order valence-corrected chi connectivity index (χ3v) is 11.0. The minimum Gasteiger partial charge on any atom is -0.462 e. The highest BCUT2D eigenvalue weighted by molar-refractivity contribution is 5.72. The van der Waals surface area contributed by atoms with Crippen molar-refractivity contribution in [2.45, 2.75) is 258 Å². The Morgan fingerprint density at radius 2 is 0.705 bits per heavy atom. The van der Waals surface area contributed by atoms with E-state index in [1.165, 1.54) is 141 Å². The number of carbonyl (C=O) groups is 3. The molecule has 0 aromatic carbocycles. The maximum atomic E-state index is 12.8. The van der Waals surface area contributed by atoms with Crippen LogP contribution >= 0.6 is 0 Å². The molecule has 0 fully saturated rings. The van der Waals surface area contributed by atoms with E-state index in [0.29, 0.717) is 12.8 Å². The van der Waals surface area contributed by atoms with Gasteiger partial charge in [0.05, 0.1) is 6.42 Å². The second kappa shape index (κ2) is 49.8. The lowest BCUT2D eigenvalue weighted by molar-refractivity contribution is -0.166. The molecule has 6 nitrogen and oxygen atoms in total. The van der Waals surface area contributed by atoms with Crippen molar-refractivity contribution in [3.8, 4) is 0 Å². The van der Waals surface area contributed by atoms with E-state index in [4.69, 9.17) is 14.2 Å². The van der Waals surface area contributed by atoms with E-state index < -0.39 is 12.1 Å². The standard InChI is InChI=1S/C55H96O6/c1-4-7-10-13-16-19-21-23-25-27-29-31-33-36-39-42-45-48-54(57)60-51-52(50-59-53(56)47-44-41-38-35-18-15-12-9-6-3)61-55(58)49-46-43-40-37-34-32-30-28-26-24-22-20-17-14-11-8-5-2/h9,12,16,18-19,23,25,35,41,44,52H,4-8,10-11,13-15,17,20-22,24,26-34,36-40,42-43,45-51H2,1-3H3/b12-9-,19-16-,25-23-,35-18-,44-41-. The van der Waals surface area contributed by atoms with Crippen LogP contribution in [0, 0.1) is 0 Å². The summed E-state index contributed by atoms with van der Waals surface area (Å²) in [6.45, 7) is 6.41. The monoisotopic (exact) mass is 853 g/mol. The Labute approximate surface area is 377 Å². The average molecular weight is 853 g/mol. The highest BCUT2D eigenvalue weighted by Crippen LogP contribution is 2.16. The molecule has 0 saturated heterocycles. The molecular formula is C55H96O6. The van der Waals surface area contributed by atoms with Crippen molar-refractivity contribution in [2.75, 3.05) is 13.2 Å². The molecule has 352 valence electrons. The predicted octanol–water partition coefficient (Wildman–Crippen LogP) is 16.9. The minimum absolute atomic E-state index is 0.103. The van der Waals surface area contributed by atoms with Crippen LogP contribution in [0.2, 0.25) is 0 Å². The fraction of sp³-hybridized carbons (Fsp3) is 0.764. The lowest BCUT2D eigenvalue weighted by atomic mass is 10.0. The van der Waals surface area contributed by atoms with Crippen molar-refractivity contribution < 1.29 is 28.6 Å². The molecule has 0 aliphatic carbocycles. The summed E-state index contributed by atoms with van der Waals surface area (Å²) in [5, 5.41) is 0. The molecule has 0 bridgehead atoms. The average Bonchev–Trinajstić information content (AvgIpc) is 3.26. The number of unbranched alkanes of at least 4 members (excludes halogenated alkanes) is 26. The summed E-state index contributed by atoms with van der Waals surface area (Å²) in [6.07, 6.45) is 61.0.